The number of carboxylic acids is 2. The minimum Gasteiger partial charge on any atom is -0.481 e. The molecule has 0 aliphatic carbocycles. The Morgan fingerprint density at radius 3 is 2.38 bits per heavy atom. The largest absolute Gasteiger partial charge is 0.481 e. The molecule has 6 heteroatoms. The van der Waals surface area contributed by atoms with Crippen LogP contribution in [-0.2, 0) is 9.59 Å². The number of aliphatic carboxylic acids is 2. The van der Waals surface area contributed by atoms with Gasteiger partial charge in [0.05, 0.1) is 12.3 Å². The van der Waals surface area contributed by atoms with Crippen LogP contribution in [0, 0.1) is 11.6 Å². The minimum absolute atomic E-state index is 0.463. The van der Waals surface area contributed by atoms with Crippen molar-refractivity contribution in [3.63, 3.8) is 0 Å². The van der Waals surface area contributed by atoms with Crippen molar-refractivity contribution >= 4 is 11.9 Å². The van der Waals surface area contributed by atoms with Gasteiger partial charge in [0.2, 0.25) is 0 Å². The van der Waals surface area contributed by atoms with Crippen molar-refractivity contribution in [2.24, 2.45) is 0 Å². The van der Waals surface area contributed by atoms with Gasteiger partial charge in [0, 0.05) is 5.56 Å². The Labute approximate surface area is 89.1 Å². The topological polar surface area (TPSA) is 74.6 Å². The standard InChI is InChI=1S/C10H8F2O4/c11-7-3-1-2-5(9(7)12)6(10(15)16)4-8(13)14/h1-3,6H,4H2,(H,13,14)(H,15,16). The number of benzene rings is 1. The fourth-order valence-corrected chi connectivity index (χ4v) is 1.29. The fourth-order valence-electron chi connectivity index (χ4n) is 1.29. The second-order valence-electron chi connectivity index (χ2n) is 3.13. The zero-order chi connectivity index (χ0) is 12.3. The van der Waals surface area contributed by atoms with Crippen molar-refractivity contribution < 1.29 is 28.6 Å². The highest BCUT2D eigenvalue weighted by molar-refractivity contribution is 5.82. The molecule has 16 heavy (non-hydrogen) atoms. The first-order chi connectivity index (χ1) is 7.43. The average Bonchev–Trinajstić information content (AvgIpc) is 2.18. The van der Waals surface area contributed by atoms with Crippen molar-refractivity contribution in [2.75, 3.05) is 0 Å². The van der Waals surface area contributed by atoms with Crippen LogP contribution in [0.4, 0.5) is 8.78 Å². The summed E-state index contributed by atoms with van der Waals surface area (Å²) >= 11 is 0. The molecular formula is C10H8F2O4. The normalized spacial score (nSPS) is 12.1. The maximum atomic E-state index is 13.2. The molecule has 0 radical (unpaired) electrons. The quantitative estimate of drug-likeness (QED) is 0.823. The van der Waals surface area contributed by atoms with Gasteiger partial charge in [-0.25, -0.2) is 8.78 Å². The summed E-state index contributed by atoms with van der Waals surface area (Å²) in [6.07, 6.45) is -0.796. The van der Waals surface area contributed by atoms with Crippen LogP contribution in [0.3, 0.4) is 0 Å². The molecule has 2 N–H and O–H groups in total. The van der Waals surface area contributed by atoms with Crippen molar-refractivity contribution in [3.05, 3.63) is 35.4 Å². The van der Waals surface area contributed by atoms with E-state index >= 15 is 0 Å². The molecule has 0 aliphatic heterocycles. The summed E-state index contributed by atoms with van der Waals surface area (Å²) in [5.74, 6) is -7.01. The van der Waals surface area contributed by atoms with E-state index in [9.17, 15) is 18.4 Å². The van der Waals surface area contributed by atoms with Crippen LogP contribution >= 0.6 is 0 Å². The van der Waals surface area contributed by atoms with Crippen LogP contribution in [0.25, 0.3) is 0 Å². The zero-order valence-corrected chi connectivity index (χ0v) is 7.98. The second-order valence-corrected chi connectivity index (χ2v) is 3.13. The van der Waals surface area contributed by atoms with Crippen LogP contribution in [0.5, 0.6) is 0 Å². The van der Waals surface area contributed by atoms with Crippen molar-refractivity contribution in [3.8, 4) is 0 Å². The number of halogens is 2. The maximum Gasteiger partial charge on any atom is 0.311 e. The highest BCUT2D eigenvalue weighted by Crippen LogP contribution is 2.24. The first-order valence-corrected chi connectivity index (χ1v) is 4.32. The van der Waals surface area contributed by atoms with E-state index < -0.39 is 41.5 Å². The van der Waals surface area contributed by atoms with Crippen LogP contribution in [0.15, 0.2) is 18.2 Å². The van der Waals surface area contributed by atoms with Gasteiger partial charge in [-0.05, 0) is 6.07 Å². The SMILES string of the molecule is O=C(O)CC(C(=O)O)c1cccc(F)c1F. The summed E-state index contributed by atoms with van der Waals surface area (Å²) in [7, 11) is 0. The summed E-state index contributed by atoms with van der Waals surface area (Å²) in [6, 6.07) is 3.02. The van der Waals surface area contributed by atoms with E-state index in [0.717, 1.165) is 18.2 Å². The number of hydrogen-bond acceptors (Lipinski definition) is 2. The van der Waals surface area contributed by atoms with E-state index in [4.69, 9.17) is 10.2 Å². The summed E-state index contributed by atoms with van der Waals surface area (Å²) in [6.45, 7) is 0. The molecule has 0 bridgehead atoms. The van der Waals surface area contributed by atoms with Gasteiger partial charge >= 0.3 is 11.9 Å². The molecule has 0 saturated heterocycles. The molecule has 0 aliphatic rings. The molecule has 0 heterocycles. The Morgan fingerprint density at radius 1 is 1.25 bits per heavy atom. The van der Waals surface area contributed by atoms with Crippen molar-refractivity contribution in [2.45, 2.75) is 12.3 Å². The molecule has 0 amide bonds. The van der Waals surface area contributed by atoms with E-state index in [1.54, 1.807) is 0 Å². The molecule has 86 valence electrons. The highest BCUT2D eigenvalue weighted by atomic mass is 19.2. The lowest BCUT2D eigenvalue weighted by Gasteiger charge is -2.11. The smallest absolute Gasteiger partial charge is 0.311 e. The van der Waals surface area contributed by atoms with Crippen molar-refractivity contribution in [1.29, 1.82) is 0 Å². The van der Waals surface area contributed by atoms with Crippen molar-refractivity contribution in [1.82, 2.24) is 0 Å². The van der Waals surface area contributed by atoms with Gasteiger partial charge < -0.3 is 10.2 Å². The molecule has 1 aromatic rings. The molecule has 1 aromatic carbocycles. The second kappa shape index (κ2) is 4.69. The maximum absolute atomic E-state index is 13.2. The number of rotatable bonds is 4. The Bertz CT molecular complexity index is 431. The number of hydrogen-bond donors (Lipinski definition) is 2. The molecule has 0 fully saturated rings. The van der Waals surface area contributed by atoms with Gasteiger partial charge in [-0.2, -0.15) is 0 Å². The number of carboxylic acid groups (broad SMARTS) is 2. The van der Waals surface area contributed by atoms with Gasteiger partial charge in [0.25, 0.3) is 0 Å². The third-order valence-corrected chi connectivity index (χ3v) is 2.03. The Kier molecular flexibility index (Phi) is 3.55. The fraction of sp³-hybridized carbons (Fsp3) is 0.200. The van der Waals surface area contributed by atoms with E-state index in [1.807, 2.05) is 0 Å². The molecule has 1 unspecified atom stereocenters. The summed E-state index contributed by atoms with van der Waals surface area (Å²) in [4.78, 5) is 21.2. The summed E-state index contributed by atoms with van der Waals surface area (Å²) in [5.41, 5.74) is -0.463. The van der Waals surface area contributed by atoms with E-state index in [0.29, 0.717) is 0 Å². The predicted molar refractivity (Wildman–Crippen MR) is 49.0 cm³/mol. The lowest BCUT2D eigenvalue weighted by atomic mass is 9.95. The van der Waals surface area contributed by atoms with Gasteiger partial charge in [0.15, 0.2) is 11.6 Å². The minimum atomic E-state index is -1.59. The number of carbonyl (C=O) groups is 2. The lowest BCUT2D eigenvalue weighted by molar-refractivity contribution is -0.145. The van der Waals surface area contributed by atoms with Gasteiger partial charge in [0.1, 0.15) is 0 Å². The molecule has 0 aromatic heterocycles. The summed E-state index contributed by atoms with van der Waals surface area (Å²) in [5, 5.41) is 17.2. The Hall–Kier alpha value is -1.98. The van der Waals surface area contributed by atoms with Crippen LogP contribution in [0.2, 0.25) is 0 Å². The molecule has 0 spiro atoms. The zero-order valence-electron chi connectivity index (χ0n) is 7.98. The Morgan fingerprint density at radius 2 is 1.88 bits per heavy atom. The van der Waals surface area contributed by atoms with E-state index in [1.165, 1.54) is 0 Å². The molecular weight excluding hydrogens is 222 g/mol. The lowest BCUT2D eigenvalue weighted by Crippen LogP contribution is -2.17. The third-order valence-electron chi connectivity index (χ3n) is 2.03. The first-order valence-electron chi connectivity index (χ1n) is 4.32. The molecule has 0 saturated carbocycles. The average molecular weight is 230 g/mol. The first kappa shape index (κ1) is 12.1. The third kappa shape index (κ3) is 2.53. The van der Waals surface area contributed by atoms with Crippen LogP contribution in [0.1, 0.15) is 17.9 Å². The molecule has 1 atom stereocenters. The van der Waals surface area contributed by atoms with Gasteiger partial charge in [-0.3, -0.25) is 9.59 Å². The Balaban J connectivity index is 3.16. The predicted octanol–water partition coefficient (Wildman–Crippen LogP) is 1.61. The molecule has 4 nitrogen and oxygen atoms in total. The monoisotopic (exact) mass is 230 g/mol. The van der Waals surface area contributed by atoms with Crippen LogP contribution in [-0.4, -0.2) is 22.2 Å². The van der Waals surface area contributed by atoms with Gasteiger partial charge in [-0.15, -0.1) is 0 Å². The molecule has 1 rings (SSSR count). The van der Waals surface area contributed by atoms with Crippen LogP contribution < -0.4 is 0 Å². The van der Waals surface area contributed by atoms with E-state index in [2.05, 4.69) is 0 Å². The van der Waals surface area contributed by atoms with Gasteiger partial charge in [-0.1, -0.05) is 12.1 Å². The van der Waals surface area contributed by atoms with E-state index in [-0.39, 0.29) is 0 Å². The summed E-state index contributed by atoms with van der Waals surface area (Å²) < 4.78 is 26.1. The highest BCUT2D eigenvalue weighted by Gasteiger charge is 2.27.